The number of carbonyl (C=O) groups is 1. The average Bonchev–Trinajstić information content (AvgIpc) is 2.66. The molecule has 26 heavy (non-hydrogen) atoms. The second kappa shape index (κ2) is 7.91. The summed E-state index contributed by atoms with van der Waals surface area (Å²) in [6, 6.07) is 1.72. The third kappa shape index (κ3) is 3.90. The van der Waals surface area contributed by atoms with E-state index in [0.717, 1.165) is 24.4 Å². The first-order valence-corrected chi connectivity index (χ1v) is 11.6. The minimum absolute atomic E-state index is 0.396. The Hall–Kier alpha value is -0.410. The summed E-state index contributed by atoms with van der Waals surface area (Å²) in [5.74, 6) is 1.86. The molecule has 4 fully saturated rings. The van der Waals surface area contributed by atoms with Crippen molar-refractivity contribution in [3.8, 4) is 0 Å². The summed E-state index contributed by atoms with van der Waals surface area (Å²) in [5, 5.41) is 0. The number of rotatable bonds is 4. The van der Waals surface area contributed by atoms with Gasteiger partial charge in [-0.05, 0) is 102 Å². The zero-order valence-electron chi connectivity index (χ0n) is 17.2. The topological polar surface area (TPSA) is 23.6 Å². The van der Waals surface area contributed by atoms with Crippen LogP contribution in [0.5, 0.6) is 0 Å². The fourth-order valence-electron chi connectivity index (χ4n) is 6.46. The molecule has 0 aromatic carbocycles. The molecule has 2 aliphatic heterocycles. The van der Waals surface area contributed by atoms with Crippen molar-refractivity contribution in [2.24, 2.45) is 17.3 Å². The van der Waals surface area contributed by atoms with Crippen LogP contribution in [0.1, 0.15) is 84.5 Å². The molecule has 148 valence electrons. The number of hydrogen-bond acceptors (Lipinski definition) is 3. The number of ketones is 1. The van der Waals surface area contributed by atoms with Crippen molar-refractivity contribution in [2.45, 2.75) is 96.6 Å². The first kappa shape index (κ1) is 18.9. The summed E-state index contributed by atoms with van der Waals surface area (Å²) in [6.07, 6.45) is 14.2. The lowest BCUT2D eigenvalue weighted by Crippen LogP contribution is -2.56. The Labute approximate surface area is 160 Å². The highest BCUT2D eigenvalue weighted by Gasteiger charge is 2.48. The largest absolute Gasteiger partial charge is 0.300 e. The van der Waals surface area contributed by atoms with E-state index in [1.54, 1.807) is 0 Å². The van der Waals surface area contributed by atoms with Crippen LogP contribution < -0.4 is 0 Å². The molecular weight excluding hydrogens is 320 g/mol. The number of piperidine rings is 2. The van der Waals surface area contributed by atoms with Gasteiger partial charge in [0.2, 0.25) is 0 Å². The Morgan fingerprint density at radius 3 is 1.96 bits per heavy atom. The normalized spacial score (nSPS) is 38.4. The van der Waals surface area contributed by atoms with Crippen LogP contribution in [-0.4, -0.2) is 53.8 Å². The number of likely N-dealkylation sites (tertiary alicyclic amines) is 2. The highest BCUT2D eigenvalue weighted by atomic mass is 16.1. The van der Waals surface area contributed by atoms with Gasteiger partial charge in [-0.2, -0.15) is 0 Å². The van der Waals surface area contributed by atoms with Crippen molar-refractivity contribution in [1.82, 2.24) is 9.80 Å². The van der Waals surface area contributed by atoms with Crippen molar-refractivity contribution in [3.63, 3.8) is 0 Å². The van der Waals surface area contributed by atoms with Crippen LogP contribution in [0.2, 0.25) is 0 Å². The van der Waals surface area contributed by atoms with E-state index in [1.165, 1.54) is 90.4 Å². The van der Waals surface area contributed by atoms with Gasteiger partial charge in [-0.3, -0.25) is 4.79 Å². The van der Waals surface area contributed by atoms with Crippen LogP contribution in [0.4, 0.5) is 0 Å². The van der Waals surface area contributed by atoms with Gasteiger partial charge in [-0.25, -0.2) is 0 Å². The maximum atomic E-state index is 12.0. The number of Topliss-reactive ketones (excluding diaryl/α,β-unsaturated/α-hetero) is 1. The minimum atomic E-state index is 0.396. The minimum Gasteiger partial charge on any atom is -0.300 e. The van der Waals surface area contributed by atoms with E-state index in [1.807, 2.05) is 6.92 Å². The zero-order valence-corrected chi connectivity index (χ0v) is 17.2. The van der Waals surface area contributed by atoms with Gasteiger partial charge in [-0.15, -0.1) is 0 Å². The van der Waals surface area contributed by atoms with Gasteiger partial charge in [0, 0.05) is 24.4 Å². The summed E-state index contributed by atoms with van der Waals surface area (Å²) in [5.41, 5.74) is 0.620. The molecule has 4 rings (SSSR count). The molecule has 0 aromatic rings. The highest BCUT2D eigenvalue weighted by Crippen LogP contribution is 2.54. The Kier molecular flexibility index (Phi) is 5.76. The van der Waals surface area contributed by atoms with Crippen LogP contribution in [0, 0.1) is 17.3 Å². The standard InChI is InChI=1S/C23H40N2O/c1-3-22(26)19-4-10-23(11-5-19)16-21(17-23)25-14-8-20(9-15-25)24-12-6-18(2)7-13-24/h18-21H,3-17H2,1-2H3. The SMILES string of the molecule is CCC(=O)C1CCC2(CC1)CC(N1CCC(N3CCC(C)CC3)CC1)C2. The van der Waals surface area contributed by atoms with Crippen molar-refractivity contribution in [2.75, 3.05) is 26.2 Å². The fourth-order valence-corrected chi connectivity index (χ4v) is 6.46. The van der Waals surface area contributed by atoms with Crippen molar-refractivity contribution >= 4 is 5.78 Å². The van der Waals surface area contributed by atoms with Crippen LogP contribution in [0.15, 0.2) is 0 Å². The van der Waals surface area contributed by atoms with Crippen LogP contribution in [0.3, 0.4) is 0 Å². The molecular formula is C23H40N2O. The maximum Gasteiger partial charge on any atom is 0.135 e. The Balaban J connectivity index is 1.19. The molecule has 0 bridgehead atoms. The monoisotopic (exact) mass is 360 g/mol. The van der Waals surface area contributed by atoms with E-state index < -0.39 is 0 Å². The predicted molar refractivity (Wildman–Crippen MR) is 107 cm³/mol. The van der Waals surface area contributed by atoms with Crippen molar-refractivity contribution in [1.29, 1.82) is 0 Å². The van der Waals surface area contributed by atoms with Crippen molar-refractivity contribution in [3.05, 3.63) is 0 Å². The van der Waals surface area contributed by atoms with Gasteiger partial charge in [0.15, 0.2) is 0 Å². The van der Waals surface area contributed by atoms with Gasteiger partial charge in [0.25, 0.3) is 0 Å². The van der Waals surface area contributed by atoms with Crippen LogP contribution in [-0.2, 0) is 4.79 Å². The molecule has 0 atom stereocenters. The molecule has 0 aromatic heterocycles. The average molecular weight is 361 g/mol. The number of hydrogen-bond donors (Lipinski definition) is 0. The summed E-state index contributed by atoms with van der Waals surface area (Å²) in [6.45, 7) is 9.78. The van der Waals surface area contributed by atoms with E-state index in [4.69, 9.17) is 0 Å². The van der Waals surface area contributed by atoms with E-state index in [9.17, 15) is 4.79 Å². The molecule has 0 unspecified atom stereocenters. The molecule has 0 amide bonds. The molecule has 2 heterocycles. The van der Waals surface area contributed by atoms with Crippen LogP contribution >= 0.6 is 0 Å². The molecule has 0 radical (unpaired) electrons. The third-order valence-corrected chi connectivity index (χ3v) is 8.54. The Morgan fingerprint density at radius 2 is 1.38 bits per heavy atom. The fraction of sp³-hybridized carbons (Fsp3) is 0.957. The summed E-state index contributed by atoms with van der Waals surface area (Å²) in [7, 11) is 0. The van der Waals surface area contributed by atoms with Crippen molar-refractivity contribution < 1.29 is 4.79 Å². The Bertz CT molecular complexity index is 472. The van der Waals surface area contributed by atoms with E-state index in [0.29, 0.717) is 17.1 Å². The third-order valence-electron chi connectivity index (χ3n) is 8.54. The summed E-state index contributed by atoms with van der Waals surface area (Å²) in [4.78, 5) is 17.6. The number of nitrogens with zero attached hydrogens (tertiary/aromatic N) is 2. The van der Waals surface area contributed by atoms with E-state index in [-0.39, 0.29) is 0 Å². The lowest BCUT2D eigenvalue weighted by molar-refractivity contribution is -0.126. The smallest absolute Gasteiger partial charge is 0.135 e. The van der Waals surface area contributed by atoms with Gasteiger partial charge >= 0.3 is 0 Å². The summed E-state index contributed by atoms with van der Waals surface area (Å²) < 4.78 is 0. The quantitative estimate of drug-likeness (QED) is 0.737. The van der Waals surface area contributed by atoms with Gasteiger partial charge in [0.1, 0.15) is 5.78 Å². The zero-order chi connectivity index (χ0) is 18.1. The predicted octanol–water partition coefficient (Wildman–Crippen LogP) is 4.50. The highest BCUT2D eigenvalue weighted by molar-refractivity contribution is 5.80. The molecule has 3 heteroatoms. The molecule has 1 spiro atoms. The van der Waals surface area contributed by atoms with Gasteiger partial charge in [0.05, 0.1) is 0 Å². The second-order valence-corrected chi connectivity index (χ2v) is 10.1. The lowest BCUT2D eigenvalue weighted by Gasteiger charge is -2.56. The first-order chi connectivity index (χ1) is 12.6. The molecule has 2 saturated carbocycles. The lowest BCUT2D eigenvalue weighted by atomic mass is 9.56. The molecule has 3 nitrogen and oxygen atoms in total. The van der Waals surface area contributed by atoms with Gasteiger partial charge in [-0.1, -0.05) is 13.8 Å². The van der Waals surface area contributed by atoms with E-state index >= 15 is 0 Å². The molecule has 0 N–H and O–H groups in total. The van der Waals surface area contributed by atoms with Crippen LogP contribution in [0.25, 0.3) is 0 Å². The van der Waals surface area contributed by atoms with Gasteiger partial charge < -0.3 is 9.80 Å². The molecule has 2 saturated heterocycles. The number of carbonyl (C=O) groups excluding carboxylic acids is 1. The first-order valence-electron chi connectivity index (χ1n) is 11.6. The second-order valence-electron chi connectivity index (χ2n) is 10.1. The maximum absolute atomic E-state index is 12.0. The Morgan fingerprint density at radius 1 is 0.846 bits per heavy atom. The summed E-state index contributed by atoms with van der Waals surface area (Å²) >= 11 is 0. The van der Waals surface area contributed by atoms with E-state index in [2.05, 4.69) is 16.7 Å². The molecule has 4 aliphatic rings. The molecule has 2 aliphatic carbocycles.